The fourth-order valence-electron chi connectivity index (χ4n) is 1.72. The van der Waals surface area contributed by atoms with E-state index in [1.54, 1.807) is 0 Å². The first-order valence-electron chi connectivity index (χ1n) is 6.84. The number of anilines is 1. The van der Waals surface area contributed by atoms with E-state index >= 15 is 0 Å². The van der Waals surface area contributed by atoms with Gasteiger partial charge in [0, 0.05) is 26.3 Å². The lowest BCUT2D eigenvalue weighted by Gasteiger charge is -2.24. The van der Waals surface area contributed by atoms with E-state index in [2.05, 4.69) is 9.88 Å². The van der Waals surface area contributed by atoms with Crippen LogP contribution in [0.4, 0.5) is 5.82 Å². The van der Waals surface area contributed by atoms with Crippen molar-refractivity contribution in [1.82, 2.24) is 4.98 Å². The molecule has 4 nitrogen and oxygen atoms in total. The van der Waals surface area contributed by atoms with Gasteiger partial charge in [0.15, 0.2) is 0 Å². The first kappa shape index (κ1) is 17.5. The highest BCUT2D eigenvalue weighted by Gasteiger charge is 2.10. The third kappa shape index (κ3) is 5.83. The zero-order chi connectivity index (χ0) is 14.8. The lowest BCUT2D eigenvalue weighted by Crippen LogP contribution is -2.32. The number of aromatic nitrogens is 1. The average Bonchev–Trinajstić information content (AvgIpc) is 2.47. The van der Waals surface area contributed by atoms with Gasteiger partial charge in [-0.25, -0.2) is 4.98 Å². The monoisotopic (exact) mass is 320 g/mol. The van der Waals surface area contributed by atoms with Crippen molar-refractivity contribution in [1.29, 1.82) is 0 Å². The van der Waals surface area contributed by atoms with Crippen molar-refractivity contribution in [3.8, 4) is 0 Å². The lowest BCUT2D eigenvalue weighted by atomic mass is 10.3. The standard InChI is InChI=1S/C14H22Cl2N2O2/c1-3-19-9-7-18(8-10-20-4-2)14-6-5-12(16)13(11-15)17-14/h5-6H,3-4,7-11H2,1-2H3. The van der Waals surface area contributed by atoms with E-state index < -0.39 is 0 Å². The number of pyridine rings is 1. The van der Waals surface area contributed by atoms with Gasteiger partial charge in [0.25, 0.3) is 0 Å². The van der Waals surface area contributed by atoms with E-state index in [4.69, 9.17) is 32.7 Å². The highest BCUT2D eigenvalue weighted by atomic mass is 35.5. The first-order valence-corrected chi connectivity index (χ1v) is 7.76. The molecule has 0 aliphatic carbocycles. The molecule has 0 atom stereocenters. The topological polar surface area (TPSA) is 34.6 Å². The van der Waals surface area contributed by atoms with E-state index in [-0.39, 0.29) is 0 Å². The van der Waals surface area contributed by atoms with Crippen LogP contribution in [0, 0.1) is 0 Å². The molecular weight excluding hydrogens is 299 g/mol. The molecule has 0 amide bonds. The van der Waals surface area contributed by atoms with Crippen LogP contribution in [-0.2, 0) is 15.4 Å². The maximum absolute atomic E-state index is 6.04. The summed E-state index contributed by atoms with van der Waals surface area (Å²) in [5.74, 6) is 1.15. The highest BCUT2D eigenvalue weighted by molar-refractivity contribution is 6.32. The second kappa shape index (κ2) is 10.2. The maximum Gasteiger partial charge on any atom is 0.129 e. The maximum atomic E-state index is 6.04. The fraction of sp³-hybridized carbons (Fsp3) is 0.643. The first-order chi connectivity index (χ1) is 9.72. The minimum Gasteiger partial charge on any atom is -0.380 e. The van der Waals surface area contributed by atoms with Gasteiger partial charge >= 0.3 is 0 Å². The minimum absolute atomic E-state index is 0.303. The molecular formula is C14H22Cl2N2O2. The second-order valence-corrected chi connectivity index (χ2v) is 4.79. The van der Waals surface area contributed by atoms with Crippen molar-refractivity contribution in [2.24, 2.45) is 0 Å². The van der Waals surface area contributed by atoms with Crippen LogP contribution >= 0.6 is 23.2 Å². The van der Waals surface area contributed by atoms with Gasteiger partial charge in [-0.1, -0.05) is 11.6 Å². The molecule has 0 fully saturated rings. The smallest absolute Gasteiger partial charge is 0.129 e. The Kier molecular flexibility index (Phi) is 8.94. The van der Waals surface area contributed by atoms with Gasteiger partial charge in [-0.3, -0.25) is 0 Å². The van der Waals surface area contributed by atoms with Crippen LogP contribution in [0.2, 0.25) is 5.02 Å². The van der Waals surface area contributed by atoms with Gasteiger partial charge in [-0.05, 0) is 26.0 Å². The Bertz CT molecular complexity index is 381. The molecule has 6 heteroatoms. The molecule has 0 bridgehead atoms. The summed E-state index contributed by atoms with van der Waals surface area (Å²) in [6.07, 6.45) is 0. The summed E-state index contributed by atoms with van der Waals surface area (Å²) >= 11 is 11.9. The number of rotatable bonds is 10. The molecule has 0 unspecified atom stereocenters. The van der Waals surface area contributed by atoms with Crippen molar-refractivity contribution in [2.45, 2.75) is 19.7 Å². The highest BCUT2D eigenvalue weighted by Crippen LogP contribution is 2.20. The summed E-state index contributed by atoms with van der Waals surface area (Å²) in [6, 6.07) is 3.73. The van der Waals surface area contributed by atoms with Gasteiger partial charge in [0.1, 0.15) is 5.82 Å². The molecule has 1 heterocycles. The second-order valence-electron chi connectivity index (χ2n) is 4.11. The van der Waals surface area contributed by atoms with Gasteiger partial charge in [0.05, 0.1) is 29.8 Å². The molecule has 0 aliphatic heterocycles. The number of ether oxygens (including phenoxy) is 2. The normalized spacial score (nSPS) is 10.8. The van der Waals surface area contributed by atoms with Gasteiger partial charge in [0.2, 0.25) is 0 Å². The van der Waals surface area contributed by atoms with Crippen molar-refractivity contribution in [2.75, 3.05) is 44.4 Å². The summed E-state index contributed by atoms with van der Waals surface area (Å²) in [7, 11) is 0. The Balaban J connectivity index is 2.73. The molecule has 0 spiro atoms. The van der Waals surface area contributed by atoms with E-state index in [1.807, 2.05) is 26.0 Å². The predicted octanol–water partition coefficient (Wildman–Crippen LogP) is 3.35. The lowest BCUT2D eigenvalue weighted by molar-refractivity contribution is 0.141. The van der Waals surface area contributed by atoms with Crippen LogP contribution in [0.5, 0.6) is 0 Å². The van der Waals surface area contributed by atoms with Crippen molar-refractivity contribution in [3.05, 3.63) is 22.8 Å². The molecule has 1 aromatic rings. The van der Waals surface area contributed by atoms with E-state index in [9.17, 15) is 0 Å². The SMILES string of the molecule is CCOCCN(CCOCC)c1ccc(Cl)c(CCl)n1. The molecule has 0 N–H and O–H groups in total. The molecule has 1 rings (SSSR count). The molecule has 0 saturated heterocycles. The summed E-state index contributed by atoms with van der Waals surface area (Å²) in [4.78, 5) is 6.62. The number of nitrogens with zero attached hydrogens (tertiary/aromatic N) is 2. The van der Waals surface area contributed by atoms with E-state index in [0.717, 1.165) is 18.9 Å². The predicted molar refractivity (Wildman–Crippen MR) is 84.0 cm³/mol. The summed E-state index contributed by atoms with van der Waals surface area (Å²) in [5.41, 5.74) is 0.698. The zero-order valence-electron chi connectivity index (χ0n) is 12.1. The molecule has 0 radical (unpaired) electrons. The van der Waals surface area contributed by atoms with Gasteiger partial charge < -0.3 is 14.4 Å². The quantitative estimate of drug-likeness (QED) is 0.489. The van der Waals surface area contributed by atoms with E-state index in [0.29, 0.717) is 43.0 Å². The minimum atomic E-state index is 0.303. The average molecular weight is 321 g/mol. The molecule has 0 aliphatic rings. The number of alkyl halides is 1. The molecule has 20 heavy (non-hydrogen) atoms. The number of halogens is 2. The van der Waals surface area contributed by atoms with Crippen LogP contribution in [0.15, 0.2) is 12.1 Å². The molecule has 0 aromatic carbocycles. The van der Waals surface area contributed by atoms with Crippen LogP contribution in [0.1, 0.15) is 19.5 Å². The third-order valence-corrected chi connectivity index (χ3v) is 3.37. The Morgan fingerprint density at radius 2 is 1.70 bits per heavy atom. The van der Waals surface area contributed by atoms with Crippen molar-refractivity contribution < 1.29 is 9.47 Å². The molecule has 114 valence electrons. The Labute approximate surface area is 131 Å². The van der Waals surface area contributed by atoms with Crippen molar-refractivity contribution in [3.63, 3.8) is 0 Å². The Morgan fingerprint density at radius 3 is 2.20 bits per heavy atom. The van der Waals surface area contributed by atoms with Gasteiger partial charge in [-0.15, -0.1) is 11.6 Å². The van der Waals surface area contributed by atoms with Crippen LogP contribution in [0.25, 0.3) is 0 Å². The molecule has 0 saturated carbocycles. The Hall–Kier alpha value is -0.550. The van der Waals surface area contributed by atoms with Crippen LogP contribution in [-0.4, -0.2) is 44.5 Å². The Morgan fingerprint density at radius 1 is 1.10 bits per heavy atom. The van der Waals surface area contributed by atoms with E-state index in [1.165, 1.54) is 0 Å². The fourth-order valence-corrected chi connectivity index (χ4v) is 2.17. The summed E-state index contributed by atoms with van der Waals surface area (Å²) < 4.78 is 10.8. The summed E-state index contributed by atoms with van der Waals surface area (Å²) in [6.45, 7) is 8.22. The van der Waals surface area contributed by atoms with Crippen molar-refractivity contribution >= 4 is 29.0 Å². The number of hydrogen-bond acceptors (Lipinski definition) is 4. The van der Waals surface area contributed by atoms with Gasteiger partial charge in [-0.2, -0.15) is 0 Å². The molecule has 1 aromatic heterocycles. The van der Waals surface area contributed by atoms with Crippen LogP contribution in [0.3, 0.4) is 0 Å². The zero-order valence-corrected chi connectivity index (χ0v) is 13.6. The largest absolute Gasteiger partial charge is 0.380 e. The summed E-state index contributed by atoms with van der Waals surface area (Å²) in [5, 5.41) is 0.596. The van der Waals surface area contributed by atoms with Crippen LogP contribution < -0.4 is 4.90 Å². The number of hydrogen-bond donors (Lipinski definition) is 0. The third-order valence-electron chi connectivity index (χ3n) is 2.77.